The summed E-state index contributed by atoms with van der Waals surface area (Å²) in [7, 11) is -16.5. The second kappa shape index (κ2) is 32.7. The highest BCUT2D eigenvalue weighted by molar-refractivity contribution is 8.13. The number of phosphoric ester groups is 3. The molecule has 25 nitrogen and oxygen atoms in total. The van der Waals surface area contributed by atoms with Gasteiger partial charge in [-0.2, -0.15) is 4.31 Å². The van der Waals surface area contributed by atoms with Crippen molar-refractivity contribution >= 4 is 69.1 Å². The topological polar surface area (TPSA) is 384 Å². The molecule has 29 heteroatoms. The molecule has 1 saturated heterocycles. The molecule has 2 unspecified atom stereocenters. The van der Waals surface area contributed by atoms with Gasteiger partial charge in [-0.1, -0.05) is 106 Å². The Morgan fingerprint density at radius 2 is 1.47 bits per heavy atom. The first kappa shape index (κ1) is 64.5. The number of aliphatic hydroxyl groups is 3. The van der Waals surface area contributed by atoms with E-state index in [9.17, 15) is 63.0 Å². The Bertz CT molecular complexity index is 2380. The van der Waals surface area contributed by atoms with Crippen LogP contribution in [0.4, 0.5) is 5.82 Å². The molecule has 0 aliphatic carbocycles. The highest BCUT2D eigenvalue weighted by Gasteiger charge is 2.50. The summed E-state index contributed by atoms with van der Waals surface area (Å²) >= 11 is 0.966. The van der Waals surface area contributed by atoms with Crippen molar-refractivity contribution in [3.63, 3.8) is 0 Å². The van der Waals surface area contributed by atoms with Gasteiger partial charge in [-0.05, 0) is 51.4 Å². The van der Waals surface area contributed by atoms with Crippen molar-refractivity contribution in [3.8, 4) is 0 Å². The number of anilines is 1. The van der Waals surface area contributed by atoms with Crippen LogP contribution in [-0.4, -0.2) is 134 Å². The molecular weight excluding hydrogens is 1050 g/mol. The SMILES string of the molecule is CCCCC/C=C\C/C=C\C/C=C\C/C=C\C/C=C\CC[C@H](O)CC(=O)SCCNC(=O)CCNC(=O)[C@H](O)C(C)(C)COP(=O)(O)OP(=O)(O)OC[C@@H]1O[C@H](n2cnc3c(N)ncnc32)[C@H](O)[C@@H]1OP(=O)(O)O. The maximum absolute atomic E-state index is 12.8. The van der Waals surface area contributed by atoms with Crippen molar-refractivity contribution in [1.82, 2.24) is 30.2 Å². The number of imidazole rings is 1. The zero-order valence-corrected chi connectivity index (χ0v) is 45.2. The Hall–Kier alpha value is -3.78. The van der Waals surface area contributed by atoms with Gasteiger partial charge >= 0.3 is 23.5 Å². The second-order valence-corrected chi connectivity index (χ2v) is 22.9. The van der Waals surface area contributed by atoms with E-state index >= 15 is 0 Å². The lowest BCUT2D eigenvalue weighted by molar-refractivity contribution is -0.137. The number of aromatic nitrogens is 4. The summed E-state index contributed by atoms with van der Waals surface area (Å²) in [6, 6.07) is 0. The van der Waals surface area contributed by atoms with E-state index in [2.05, 4.69) is 90.0 Å². The van der Waals surface area contributed by atoms with Gasteiger partial charge < -0.3 is 56.0 Å². The first-order valence-electron chi connectivity index (χ1n) is 23.9. The highest BCUT2D eigenvalue weighted by atomic mass is 32.2. The Morgan fingerprint density at radius 3 is 2.09 bits per heavy atom. The smallest absolute Gasteiger partial charge is 0.393 e. The van der Waals surface area contributed by atoms with Gasteiger partial charge in [0.1, 0.15) is 36.3 Å². The van der Waals surface area contributed by atoms with Crippen molar-refractivity contribution in [2.24, 2.45) is 5.41 Å². The fourth-order valence-corrected chi connectivity index (χ4v) is 10.3. The zero-order valence-electron chi connectivity index (χ0n) is 41.7. The minimum Gasteiger partial charge on any atom is -0.393 e. The number of aliphatic hydroxyl groups excluding tert-OH is 3. The predicted octanol–water partition coefficient (Wildman–Crippen LogP) is 5.12. The van der Waals surface area contributed by atoms with E-state index in [0.29, 0.717) is 12.8 Å². The number of nitrogens with one attached hydrogen (secondary N) is 2. The van der Waals surface area contributed by atoms with Crippen molar-refractivity contribution < 1.29 is 85.6 Å². The minimum atomic E-state index is -5.60. The van der Waals surface area contributed by atoms with Crippen LogP contribution in [0.25, 0.3) is 11.2 Å². The van der Waals surface area contributed by atoms with Crippen LogP contribution < -0.4 is 16.4 Å². The van der Waals surface area contributed by atoms with Crippen LogP contribution in [0.15, 0.2) is 73.4 Å². The second-order valence-electron chi connectivity index (χ2n) is 17.5. The molecule has 0 radical (unpaired) electrons. The quantitative estimate of drug-likeness (QED) is 0.0240. The summed E-state index contributed by atoms with van der Waals surface area (Å²) in [5.74, 6) is -1.28. The van der Waals surface area contributed by atoms with Crippen molar-refractivity contribution in [2.45, 2.75) is 135 Å². The van der Waals surface area contributed by atoms with Crippen LogP contribution in [0.3, 0.4) is 0 Å². The number of ether oxygens (including phenoxy) is 1. The zero-order chi connectivity index (χ0) is 54.8. The van der Waals surface area contributed by atoms with E-state index in [1.54, 1.807) is 0 Å². The lowest BCUT2D eigenvalue weighted by Crippen LogP contribution is -2.46. The van der Waals surface area contributed by atoms with E-state index in [1.165, 1.54) is 33.1 Å². The van der Waals surface area contributed by atoms with Gasteiger partial charge in [0.25, 0.3) is 0 Å². The molecule has 2 aromatic rings. The monoisotopic (exact) mass is 1120 g/mol. The van der Waals surface area contributed by atoms with E-state index in [1.807, 2.05) is 12.2 Å². The molecule has 0 aromatic carbocycles. The minimum absolute atomic E-state index is 0.0247. The standard InChI is InChI=1S/C45H72N7O18P3S/c1-4-5-6-7-8-9-10-11-12-13-14-15-16-17-18-19-20-21-22-23-33(53)28-36(55)74-27-26-47-35(54)24-25-48-43(58)40(57)45(2,3)30-67-73(64,65)70-72(62,63)66-29-34-39(69-71(59,60)61)38(56)44(68-34)52-32-51-37-41(46)49-31-50-42(37)52/h8-9,11-12,14-15,17-18,20-21,31-34,38-40,44,53,56-57H,4-7,10,13,16,19,22-30H2,1-3H3,(H,47,54)(H,48,58)(H,62,63)(H,64,65)(H2,46,49,50)(H2,59,60,61)/b9-8-,12-11-,15-14-,18-17-,21-20-/t33-,34-,38+,39+,40-,44-/m0/s1. The van der Waals surface area contributed by atoms with E-state index in [4.69, 9.17) is 19.5 Å². The number of rotatable bonds is 36. The number of carbonyl (C=O) groups is 3. The lowest BCUT2D eigenvalue weighted by Gasteiger charge is -2.30. The number of allylic oxidation sites excluding steroid dienone is 10. The number of nitrogen functional groups attached to an aromatic ring is 1. The van der Waals surface area contributed by atoms with Crippen LogP contribution >= 0.6 is 35.2 Å². The summed E-state index contributed by atoms with van der Waals surface area (Å²) in [5.41, 5.74) is 4.24. The maximum Gasteiger partial charge on any atom is 0.481 e. The normalized spacial score (nSPS) is 20.3. The van der Waals surface area contributed by atoms with Gasteiger partial charge in [-0.15, -0.1) is 0 Å². The molecule has 1 aliphatic rings. The number of unbranched alkanes of at least 4 members (excludes halogenated alkanes) is 3. The fourth-order valence-electron chi connectivity index (χ4n) is 6.77. The predicted molar refractivity (Wildman–Crippen MR) is 275 cm³/mol. The molecule has 2 aromatic heterocycles. The van der Waals surface area contributed by atoms with Crippen LogP contribution in [0.2, 0.25) is 0 Å². The van der Waals surface area contributed by atoms with E-state index in [-0.39, 0.29) is 53.8 Å². The number of fused-ring (bicyclic) bond motifs is 1. The number of hydrogen-bond acceptors (Lipinski definition) is 19. The molecule has 3 heterocycles. The number of phosphoric acid groups is 3. The van der Waals surface area contributed by atoms with Crippen LogP contribution in [0, 0.1) is 5.41 Å². The van der Waals surface area contributed by atoms with E-state index in [0.717, 1.165) is 61.1 Å². The van der Waals surface area contributed by atoms with Gasteiger partial charge in [0, 0.05) is 37.1 Å². The van der Waals surface area contributed by atoms with Gasteiger partial charge in [0.15, 0.2) is 22.8 Å². The van der Waals surface area contributed by atoms with Gasteiger partial charge in [0.05, 0.1) is 25.6 Å². The number of amides is 2. The molecule has 0 saturated carbocycles. The molecule has 3 rings (SSSR count). The third kappa shape index (κ3) is 24.9. The summed E-state index contributed by atoms with van der Waals surface area (Å²) in [4.78, 5) is 88.6. The van der Waals surface area contributed by atoms with Gasteiger partial charge in [0.2, 0.25) is 11.8 Å². The number of carbonyl (C=O) groups excluding carboxylic acids is 3. The fraction of sp³-hybridized carbons (Fsp3) is 0.600. The average Bonchev–Trinajstić information content (AvgIpc) is 3.89. The Balaban J connectivity index is 1.28. The molecule has 0 spiro atoms. The van der Waals surface area contributed by atoms with Crippen LogP contribution in [0.5, 0.6) is 0 Å². The highest BCUT2D eigenvalue weighted by Crippen LogP contribution is 2.61. The molecule has 11 N–H and O–H groups in total. The van der Waals surface area contributed by atoms with E-state index < -0.39 is 90.7 Å². The van der Waals surface area contributed by atoms with Gasteiger partial charge in [-0.3, -0.25) is 32.5 Å². The Labute approximate surface area is 434 Å². The number of nitrogens with two attached hydrogens (primary N) is 1. The number of thioether (sulfide) groups is 1. The molecule has 2 amide bonds. The number of hydrogen-bond donors (Lipinski definition) is 10. The lowest BCUT2D eigenvalue weighted by atomic mass is 9.87. The molecule has 0 bridgehead atoms. The third-order valence-corrected chi connectivity index (χ3v) is 14.7. The molecule has 74 heavy (non-hydrogen) atoms. The van der Waals surface area contributed by atoms with Gasteiger partial charge in [-0.25, -0.2) is 28.6 Å². The first-order valence-corrected chi connectivity index (χ1v) is 29.4. The Morgan fingerprint density at radius 1 is 0.865 bits per heavy atom. The summed E-state index contributed by atoms with van der Waals surface area (Å²) in [5, 5.41) is 36.6. The first-order chi connectivity index (χ1) is 34.9. The molecule has 416 valence electrons. The summed E-state index contributed by atoms with van der Waals surface area (Å²) < 4.78 is 62.5. The van der Waals surface area contributed by atoms with Crippen molar-refractivity contribution in [1.29, 1.82) is 0 Å². The molecule has 1 aliphatic heterocycles. The van der Waals surface area contributed by atoms with Crippen LogP contribution in [0.1, 0.15) is 104 Å². The molecule has 1 fully saturated rings. The summed E-state index contributed by atoms with van der Waals surface area (Å²) in [6.45, 7) is 2.55. The average molecular weight is 1120 g/mol. The Kier molecular flexibility index (Phi) is 28.5. The largest absolute Gasteiger partial charge is 0.481 e. The van der Waals surface area contributed by atoms with Crippen LogP contribution in [-0.2, 0) is 50.7 Å². The molecular formula is C45H72N7O18P3S. The van der Waals surface area contributed by atoms with Crippen molar-refractivity contribution in [3.05, 3.63) is 73.4 Å². The maximum atomic E-state index is 12.8. The third-order valence-electron chi connectivity index (χ3n) is 10.7. The number of nitrogens with zero attached hydrogens (tertiary/aromatic N) is 4. The summed E-state index contributed by atoms with van der Waals surface area (Å²) in [6.07, 6.45) is 22.9. The molecule has 8 atom stereocenters. The van der Waals surface area contributed by atoms with Crippen molar-refractivity contribution in [2.75, 3.05) is 37.8 Å².